The highest BCUT2D eigenvalue weighted by Crippen LogP contribution is 2.23. The Labute approximate surface area is 104 Å². The highest BCUT2D eigenvalue weighted by atomic mass is 32.2. The van der Waals surface area contributed by atoms with Gasteiger partial charge in [0.25, 0.3) is 0 Å². The Kier molecular flexibility index (Phi) is 5.21. The molecule has 90 valence electrons. The van der Waals surface area contributed by atoms with E-state index < -0.39 is 5.97 Å². The number of aromatic nitrogens is 2. The van der Waals surface area contributed by atoms with Gasteiger partial charge in [-0.25, -0.2) is 4.98 Å². The van der Waals surface area contributed by atoms with Crippen LogP contribution >= 0.6 is 23.5 Å². The standard InChI is InChI=1S/C10H16N2O2S2/c1-7-4-12(8(2)5-15-3)10(11-7)16-6-9(13)14/h4,8H,5-6H2,1-3H3,(H,13,14). The van der Waals surface area contributed by atoms with E-state index in [0.29, 0.717) is 6.04 Å². The van der Waals surface area contributed by atoms with Crippen LogP contribution in [-0.2, 0) is 4.79 Å². The smallest absolute Gasteiger partial charge is 0.313 e. The summed E-state index contributed by atoms with van der Waals surface area (Å²) in [5.41, 5.74) is 0.931. The number of thioether (sulfide) groups is 2. The van der Waals surface area contributed by atoms with E-state index in [-0.39, 0.29) is 5.75 Å². The molecule has 0 aliphatic carbocycles. The number of rotatable bonds is 6. The molecule has 0 aromatic carbocycles. The van der Waals surface area contributed by atoms with Crippen LogP contribution in [0.1, 0.15) is 18.7 Å². The van der Waals surface area contributed by atoms with Crippen molar-refractivity contribution in [2.45, 2.75) is 25.0 Å². The molecule has 1 aromatic rings. The van der Waals surface area contributed by atoms with Crippen LogP contribution in [0.3, 0.4) is 0 Å². The molecule has 1 unspecified atom stereocenters. The van der Waals surface area contributed by atoms with Gasteiger partial charge in [0.15, 0.2) is 5.16 Å². The summed E-state index contributed by atoms with van der Waals surface area (Å²) >= 11 is 3.05. The Morgan fingerprint density at radius 3 is 2.94 bits per heavy atom. The fraction of sp³-hybridized carbons (Fsp3) is 0.600. The van der Waals surface area contributed by atoms with Gasteiger partial charge >= 0.3 is 5.97 Å². The molecule has 1 rings (SSSR count). The maximum atomic E-state index is 10.5. The summed E-state index contributed by atoms with van der Waals surface area (Å²) in [6.07, 6.45) is 4.04. The summed E-state index contributed by atoms with van der Waals surface area (Å²) < 4.78 is 2.06. The average molecular weight is 260 g/mol. The van der Waals surface area contributed by atoms with Gasteiger partial charge in [0, 0.05) is 18.0 Å². The highest BCUT2D eigenvalue weighted by molar-refractivity contribution is 7.99. The molecule has 0 radical (unpaired) electrons. The van der Waals surface area contributed by atoms with Gasteiger partial charge in [0.05, 0.1) is 11.4 Å². The Balaban J connectivity index is 2.78. The molecule has 0 aliphatic heterocycles. The van der Waals surface area contributed by atoms with Gasteiger partial charge in [-0.15, -0.1) is 0 Å². The highest BCUT2D eigenvalue weighted by Gasteiger charge is 2.13. The van der Waals surface area contributed by atoms with Crippen LogP contribution in [0, 0.1) is 6.92 Å². The fourth-order valence-electron chi connectivity index (χ4n) is 1.36. The largest absolute Gasteiger partial charge is 0.481 e. The van der Waals surface area contributed by atoms with Crippen LogP contribution < -0.4 is 0 Å². The van der Waals surface area contributed by atoms with E-state index in [9.17, 15) is 4.79 Å². The van der Waals surface area contributed by atoms with Crippen LogP contribution in [0.15, 0.2) is 11.4 Å². The molecule has 4 nitrogen and oxygen atoms in total. The van der Waals surface area contributed by atoms with Gasteiger partial charge < -0.3 is 9.67 Å². The van der Waals surface area contributed by atoms with Gasteiger partial charge in [-0.05, 0) is 20.1 Å². The predicted octanol–water partition coefficient (Wildman–Crippen LogP) is 2.29. The van der Waals surface area contributed by atoms with E-state index in [1.54, 1.807) is 11.8 Å². The lowest BCUT2D eigenvalue weighted by Gasteiger charge is -2.14. The van der Waals surface area contributed by atoms with E-state index >= 15 is 0 Å². The molecule has 0 bridgehead atoms. The first kappa shape index (κ1) is 13.4. The van der Waals surface area contributed by atoms with Crippen LogP contribution in [0.4, 0.5) is 0 Å². The van der Waals surface area contributed by atoms with Crippen molar-refractivity contribution in [3.05, 3.63) is 11.9 Å². The molecule has 1 N–H and O–H groups in total. The first-order valence-electron chi connectivity index (χ1n) is 4.93. The summed E-state index contributed by atoms with van der Waals surface area (Å²) in [4.78, 5) is 14.9. The number of hydrogen-bond acceptors (Lipinski definition) is 4. The Bertz CT molecular complexity index is 366. The third kappa shape index (κ3) is 3.75. The van der Waals surface area contributed by atoms with Crippen molar-refractivity contribution in [3.63, 3.8) is 0 Å². The second-order valence-corrected chi connectivity index (χ2v) is 5.41. The number of imidazole rings is 1. The van der Waals surface area contributed by atoms with Gasteiger partial charge in [-0.3, -0.25) is 4.79 Å². The van der Waals surface area contributed by atoms with Crippen molar-refractivity contribution < 1.29 is 9.90 Å². The lowest BCUT2D eigenvalue weighted by molar-refractivity contribution is -0.133. The normalized spacial score (nSPS) is 12.7. The van der Waals surface area contributed by atoms with Crippen LogP contribution in [0.25, 0.3) is 0 Å². The van der Waals surface area contributed by atoms with Crippen molar-refractivity contribution in [3.8, 4) is 0 Å². The molecule has 0 fully saturated rings. The minimum atomic E-state index is -0.810. The summed E-state index contributed by atoms with van der Waals surface area (Å²) in [6, 6.07) is 0.340. The molecule has 0 spiro atoms. The van der Waals surface area contributed by atoms with Crippen molar-refractivity contribution >= 4 is 29.5 Å². The Morgan fingerprint density at radius 1 is 1.69 bits per heavy atom. The number of carboxylic acid groups (broad SMARTS) is 1. The molecule has 0 saturated heterocycles. The van der Waals surface area contributed by atoms with E-state index in [0.717, 1.165) is 16.6 Å². The van der Waals surface area contributed by atoms with Crippen molar-refractivity contribution in [1.29, 1.82) is 0 Å². The summed E-state index contributed by atoms with van der Waals surface area (Å²) in [5.74, 6) is 0.244. The molecule has 0 aliphatic rings. The Hall–Kier alpha value is -0.620. The van der Waals surface area contributed by atoms with Gasteiger partial charge in [0.1, 0.15) is 0 Å². The zero-order valence-electron chi connectivity index (χ0n) is 9.64. The first-order valence-corrected chi connectivity index (χ1v) is 7.31. The summed E-state index contributed by atoms with van der Waals surface area (Å²) in [5, 5.41) is 9.45. The molecule has 6 heteroatoms. The number of aliphatic carboxylic acids is 1. The van der Waals surface area contributed by atoms with Crippen LogP contribution in [0.5, 0.6) is 0 Å². The molecule has 0 saturated carbocycles. The number of hydrogen-bond donors (Lipinski definition) is 1. The Morgan fingerprint density at radius 2 is 2.38 bits per heavy atom. The van der Waals surface area contributed by atoms with Crippen LogP contribution in [-0.4, -0.2) is 38.4 Å². The molecular weight excluding hydrogens is 244 g/mol. The number of carbonyl (C=O) groups is 1. The monoisotopic (exact) mass is 260 g/mol. The molecule has 16 heavy (non-hydrogen) atoms. The lowest BCUT2D eigenvalue weighted by atomic mass is 10.4. The SMILES string of the molecule is CSCC(C)n1cc(C)nc1SCC(=O)O. The number of nitrogens with zero attached hydrogens (tertiary/aromatic N) is 2. The van der Waals surface area contributed by atoms with Crippen molar-refractivity contribution in [2.24, 2.45) is 0 Å². The second-order valence-electron chi connectivity index (χ2n) is 3.56. The fourth-order valence-corrected chi connectivity index (χ4v) is 2.85. The maximum absolute atomic E-state index is 10.5. The summed E-state index contributed by atoms with van der Waals surface area (Å²) in [6.45, 7) is 4.04. The minimum absolute atomic E-state index is 0.0580. The van der Waals surface area contributed by atoms with Gasteiger partial charge in [0.2, 0.25) is 0 Å². The van der Waals surface area contributed by atoms with Crippen molar-refractivity contribution in [1.82, 2.24) is 9.55 Å². The second kappa shape index (κ2) is 6.20. The maximum Gasteiger partial charge on any atom is 0.313 e. The topological polar surface area (TPSA) is 55.1 Å². The number of carboxylic acids is 1. The average Bonchev–Trinajstić information content (AvgIpc) is 2.57. The summed E-state index contributed by atoms with van der Waals surface area (Å²) in [7, 11) is 0. The minimum Gasteiger partial charge on any atom is -0.481 e. The van der Waals surface area contributed by atoms with E-state index in [2.05, 4.69) is 22.7 Å². The van der Waals surface area contributed by atoms with Gasteiger partial charge in [-0.1, -0.05) is 11.8 Å². The van der Waals surface area contributed by atoms with Crippen LogP contribution in [0.2, 0.25) is 0 Å². The molecular formula is C10H16N2O2S2. The van der Waals surface area contributed by atoms with Gasteiger partial charge in [-0.2, -0.15) is 11.8 Å². The quantitative estimate of drug-likeness (QED) is 0.795. The molecule has 1 atom stereocenters. The molecule has 0 amide bonds. The predicted molar refractivity (Wildman–Crippen MR) is 68.4 cm³/mol. The lowest BCUT2D eigenvalue weighted by Crippen LogP contribution is -2.09. The van der Waals surface area contributed by atoms with E-state index in [4.69, 9.17) is 5.11 Å². The third-order valence-corrected chi connectivity index (χ3v) is 3.79. The molecule has 1 heterocycles. The molecule has 1 aromatic heterocycles. The van der Waals surface area contributed by atoms with E-state index in [1.807, 2.05) is 13.1 Å². The van der Waals surface area contributed by atoms with Crippen molar-refractivity contribution in [2.75, 3.05) is 17.8 Å². The first-order chi connectivity index (χ1) is 7.54. The zero-order valence-corrected chi connectivity index (χ0v) is 11.3. The van der Waals surface area contributed by atoms with E-state index in [1.165, 1.54) is 11.8 Å². The zero-order chi connectivity index (χ0) is 12.1. The number of aryl methyl sites for hydroxylation is 1. The third-order valence-electron chi connectivity index (χ3n) is 2.03.